The summed E-state index contributed by atoms with van der Waals surface area (Å²) in [5.74, 6) is -0.996. The molecule has 0 aliphatic carbocycles. The third kappa shape index (κ3) is 2.28. The van der Waals surface area contributed by atoms with E-state index in [0.29, 0.717) is 0 Å². The smallest absolute Gasteiger partial charge is 0.172 e. The van der Waals surface area contributed by atoms with Gasteiger partial charge in [0.1, 0.15) is 5.82 Å². The molecule has 0 aromatic heterocycles. The molecule has 1 aromatic carbocycles. The zero-order valence-corrected chi connectivity index (χ0v) is 9.74. The fourth-order valence-electron chi connectivity index (χ4n) is 1.96. The Hall–Kier alpha value is -0.870. The molecule has 2 nitrogen and oxygen atoms in total. The van der Waals surface area contributed by atoms with E-state index in [0.717, 1.165) is 19.4 Å². The number of benzene rings is 1. The van der Waals surface area contributed by atoms with Crippen LogP contribution in [0, 0.1) is 11.6 Å². The van der Waals surface area contributed by atoms with Crippen molar-refractivity contribution in [3.8, 4) is 5.75 Å². The van der Waals surface area contributed by atoms with Crippen molar-refractivity contribution in [3.05, 3.63) is 29.3 Å². The highest BCUT2D eigenvalue weighted by molar-refractivity contribution is 5.85. The highest BCUT2D eigenvalue weighted by Gasteiger charge is 2.25. The van der Waals surface area contributed by atoms with E-state index in [1.54, 1.807) is 0 Å². The van der Waals surface area contributed by atoms with Gasteiger partial charge in [-0.15, -0.1) is 12.4 Å². The van der Waals surface area contributed by atoms with Crippen molar-refractivity contribution < 1.29 is 13.5 Å². The van der Waals surface area contributed by atoms with Crippen LogP contribution in [-0.4, -0.2) is 13.7 Å². The lowest BCUT2D eigenvalue weighted by Gasteiger charge is -2.14. The summed E-state index contributed by atoms with van der Waals surface area (Å²) in [7, 11) is 1.38. The summed E-state index contributed by atoms with van der Waals surface area (Å²) in [6, 6.07) is 2.33. The van der Waals surface area contributed by atoms with Gasteiger partial charge < -0.3 is 10.1 Å². The summed E-state index contributed by atoms with van der Waals surface area (Å²) in [6.45, 7) is 0.806. The average molecular weight is 250 g/mol. The van der Waals surface area contributed by atoms with Crippen LogP contribution in [0.2, 0.25) is 0 Å². The van der Waals surface area contributed by atoms with Gasteiger partial charge in [-0.3, -0.25) is 0 Å². The second-order valence-electron chi connectivity index (χ2n) is 3.63. The van der Waals surface area contributed by atoms with Crippen molar-refractivity contribution in [2.45, 2.75) is 18.9 Å². The van der Waals surface area contributed by atoms with Crippen LogP contribution < -0.4 is 10.1 Å². The van der Waals surface area contributed by atoms with Crippen molar-refractivity contribution >= 4 is 12.4 Å². The van der Waals surface area contributed by atoms with Gasteiger partial charge in [-0.25, -0.2) is 8.78 Å². The molecule has 1 aliphatic rings. The molecule has 1 aliphatic heterocycles. The maximum absolute atomic E-state index is 13.8. The lowest BCUT2D eigenvalue weighted by Crippen LogP contribution is -2.16. The van der Waals surface area contributed by atoms with Crippen LogP contribution in [0.15, 0.2) is 12.1 Å². The normalized spacial score (nSPS) is 19.3. The molecular formula is C11H14ClF2NO. The summed E-state index contributed by atoms with van der Waals surface area (Å²) in [5, 5.41) is 3.07. The quantitative estimate of drug-likeness (QED) is 0.870. The second kappa shape index (κ2) is 5.46. The highest BCUT2D eigenvalue weighted by atomic mass is 35.5. The van der Waals surface area contributed by atoms with E-state index in [9.17, 15) is 8.78 Å². The number of ether oxygens (including phenoxy) is 1. The van der Waals surface area contributed by atoms with Crippen LogP contribution in [0.25, 0.3) is 0 Å². The first-order valence-electron chi connectivity index (χ1n) is 4.99. The average Bonchev–Trinajstić information content (AvgIpc) is 2.71. The summed E-state index contributed by atoms with van der Waals surface area (Å²) < 4.78 is 32.1. The molecule has 90 valence electrons. The van der Waals surface area contributed by atoms with Gasteiger partial charge >= 0.3 is 0 Å². The van der Waals surface area contributed by atoms with Gasteiger partial charge in [0.05, 0.1) is 7.11 Å². The van der Waals surface area contributed by atoms with E-state index >= 15 is 0 Å². The Labute approximate surface area is 99.4 Å². The minimum absolute atomic E-state index is 0. The van der Waals surface area contributed by atoms with E-state index in [2.05, 4.69) is 5.32 Å². The number of halogens is 3. The Kier molecular flexibility index (Phi) is 4.50. The zero-order chi connectivity index (χ0) is 10.8. The molecule has 16 heavy (non-hydrogen) atoms. The van der Waals surface area contributed by atoms with Crippen molar-refractivity contribution in [1.29, 1.82) is 0 Å². The van der Waals surface area contributed by atoms with Crippen LogP contribution in [-0.2, 0) is 0 Å². The summed E-state index contributed by atoms with van der Waals surface area (Å²) in [6.07, 6.45) is 1.71. The number of hydrogen-bond acceptors (Lipinski definition) is 2. The maximum Gasteiger partial charge on any atom is 0.172 e. The van der Waals surface area contributed by atoms with E-state index in [1.807, 2.05) is 0 Å². The van der Waals surface area contributed by atoms with E-state index < -0.39 is 11.6 Å². The number of methoxy groups -OCH3 is 1. The van der Waals surface area contributed by atoms with Gasteiger partial charge in [-0.1, -0.05) is 0 Å². The summed E-state index contributed by atoms with van der Waals surface area (Å²) >= 11 is 0. The first kappa shape index (κ1) is 13.2. The van der Waals surface area contributed by atoms with E-state index in [-0.39, 0.29) is 29.8 Å². The predicted molar refractivity (Wildman–Crippen MR) is 60.1 cm³/mol. The Bertz CT molecular complexity index is 367. The number of nitrogens with one attached hydrogen (secondary N) is 1. The Morgan fingerprint density at radius 2 is 2.12 bits per heavy atom. The van der Waals surface area contributed by atoms with Crippen LogP contribution in [0.4, 0.5) is 8.78 Å². The SMILES string of the molecule is COc1ccc(F)c([C@H]2CCCN2)c1F.Cl. The number of rotatable bonds is 2. The summed E-state index contributed by atoms with van der Waals surface area (Å²) in [4.78, 5) is 0. The first-order valence-corrected chi connectivity index (χ1v) is 4.99. The molecule has 0 saturated carbocycles. The van der Waals surface area contributed by atoms with Gasteiger partial charge in [-0.2, -0.15) is 0 Å². The minimum Gasteiger partial charge on any atom is -0.494 e. The standard InChI is InChI=1S/C11H13F2NO.ClH/c1-15-9-5-4-7(12)10(11(9)13)8-3-2-6-14-8;/h4-5,8,14H,2-3,6H2,1H3;1H/t8-;/m1./s1. The fourth-order valence-corrected chi connectivity index (χ4v) is 1.96. The molecule has 1 atom stereocenters. The molecule has 0 amide bonds. The van der Waals surface area contributed by atoms with Gasteiger partial charge in [0.25, 0.3) is 0 Å². The lowest BCUT2D eigenvalue weighted by atomic mass is 10.0. The minimum atomic E-state index is -0.586. The van der Waals surface area contributed by atoms with Crippen molar-refractivity contribution in [3.63, 3.8) is 0 Å². The van der Waals surface area contributed by atoms with Crippen molar-refractivity contribution in [1.82, 2.24) is 5.32 Å². The van der Waals surface area contributed by atoms with E-state index in [4.69, 9.17) is 4.74 Å². The molecule has 0 spiro atoms. The molecule has 0 unspecified atom stereocenters. The molecule has 0 bridgehead atoms. The fraction of sp³-hybridized carbons (Fsp3) is 0.455. The summed E-state index contributed by atoms with van der Waals surface area (Å²) in [5.41, 5.74) is 0.104. The molecule has 1 saturated heterocycles. The largest absolute Gasteiger partial charge is 0.494 e. The van der Waals surface area contributed by atoms with Crippen LogP contribution in [0.3, 0.4) is 0 Å². The molecule has 5 heteroatoms. The Morgan fingerprint density at radius 3 is 2.69 bits per heavy atom. The third-order valence-corrected chi connectivity index (χ3v) is 2.72. The van der Waals surface area contributed by atoms with Crippen LogP contribution in [0.1, 0.15) is 24.4 Å². The third-order valence-electron chi connectivity index (χ3n) is 2.72. The lowest BCUT2D eigenvalue weighted by molar-refractivity contribution is 0.376. The highest BCUT2D eigenvalue weighted by Crippen LogP contribution is 2.31. The number of hydrogen-bond donors (Lipinski definition) is 1. The molecular weight excluding hydrogens is 236 g/mol. The monoisotopic (exact) mass is 249 g/mol. The molecule has 0 radical (unpaired) electrons. The van der Waals surface area contributed by atoms with Crippen LogP contribution >= 0.6 is 12.4 Å². The van der Waals surface area contributed by atoms with Crippen LogP contribution in [0.5, 0.6) is 5.75 Å². The zero-order valence-electron chi connectivity index (χ0n) is 8.93. The molecule has 1 aromatic rings. The topological polar surface area (TPSA) is 21.3 Å². The van der Waals surface area contributed by atoms with Crippen molar-refractivity contribution in [2.75, 3.05) is 13.7 Å². The molecule has 1 N–H and O–H groups in total. The molecule has 2 rings (SSSR count). The van der Waals surface area contributed by atoms with E-state index in [1.165, 1.54) is 19.2 Å². The van der Waals surface area contributed by atoms with Gasteiger partial charge in [0.15, 0.2) is 11.6 Å². The first-order chi connectivity index (χ1) is 7.24. The second-order valence-corrected chi connectivity index (χ2v) is 3.63. The van der Waals surface area contributed by atoms with Gasteiger partial charge in [-0.05, 0) is 31.5 Å². The Balaban J connectivity index is 0.00000128. The van der Waals surface area contributed by atoms with Gasteiger partial charge in [0.2, 0.25) is 0 Å². The maximum atomic E-state index is 13.8. The predicted octanol–water partition coefficient (Wildman–Crippen LogP) is 2.82. The molecule has 1 fully saturated rings. The van der Waals surface area contributed by atoms with Gasteiger partial charge in [0, 0.05) is 11.6 Å². The van der Waals surface area contributed by atoms with Crippen molar-refractivity contribution in [2.24, 2.45) is 0 Å². The molecule has 1 heterocycles. The Morgan fingerprint density at radius 1 is 1.38 bits per heavy atom.